The molecule has 0 saturated carbocycles. The van der Waals surface area contributed by atoms with Gasteiger partial charge in [-0.2, -0.15) is 0 Å². The van der Waals surface area contributed by atoms with Gasteiger partial charge in [-0.1, -0.05) is 0 Å². The Labute approximate surface area is 113 Å². The number of nitrogens with zero attached hydrogens (tertiary/aromatic N) is 1. The molecule has 1 unspecified atom stereocenters. The van der Waals surface area contributed by atoms with Crippen molar-refractivity contribution in [1.29, 1.82) is 0 Å². The minimum absolute atomic E-state index is 0.117. The van der Waals surface area contributed by atoms with Crippen LogP contribution in [-0.2, 0) is 4.74 Å². The predicted octanol–water partition coefficient (Wildman–Crippen LogP) is 0.931. The molecule has 0 bridgehead atoms. The van der Waals surface area contributed by atoms with Gasteiger partial charge in [0.25, 0.3) is 0 Å². The number of ether oxygens (including phenoxy) is 1. The Balaban J connectivity index is 2.86. The molecule has 0 aromatic heterocycles. The molecule has 0 aliphatic heterocycles. The van der Waals surface area contributed by atoms with Crippen molar-refractivity contribution in [2.24, 2.45) is 5.84 Å². The fraction of sp³-hybridized carbons (Fsp3) is 0.769. The molecule has 1 aliphatic rings. The molecule has 0 aromatic carbocycles. The lowest BCUT2D eigenvalue weighted by Crippen LogP contribution is -2.50. The summed E-state index contributed by atoms with van der Waals surface area (Å²) in [6, 6.07) is -0.407. The van der Waals surface area contributed by atoms with Crippen molar-refractivity contribution in [2.45, 2.75) is 51.7 Å². The highest BCUT2D eigenvalue weighted by Crippen LogP contribution is 2.28. The number of rotatable bonds is 3. The average Bonchev–Trinajstić information content (AvgIpc) is 2.34. The molecule has 6 heteroatoms. The summed E-state index contributed by atoms with van der Waals surface area (Å²) in [7, 11) is 0. The Kier molecular flexibility index (Phi) is 5.34. The minimum atomic E-state index is -0.623. The molecule has 19 heavy (non-hydrogen) atoms. The first-order valence-electron chi connectivity index (χ1n) is 6.49. The first kappa shape index (κ1) is 15.9. The maximum absolute atomic E-state index is 11.9. The van der Waals surface area contributed by atoms with Gasteiger partial charge in [0.2, 0.25) is 0 Å². The molecule has 0 radical (unpaired) electrons. The third-order valence-electron chi connectivity index (χ3n) is 3.11. The monoisotopic (exact) mass is 272 g/mol. The zero-order chi connectivity index (χ0) is 14.6. The van der Waals surface area contributed by atoms with E-state index in [0.717, 1.165) is 23.4 Å². The van der Waals surface area contributed by atoms with E-state index in [-0.39, 0.29) is 13.2 Å². The molecule has 0 aromatic rings. The Hall–Kier alpha value is -1.11. The van der Waals surface area contributed by atoms with Gasteiger partial charge in [-0.05, 0) is 51.2 Å². The predicted molar refractivity (Wildman–Crippen MR) is 71.1 cm³/mol. The van der Waals surface area contributed by atoms with Crippen LogP contribution in [0, 0.1) is 0 Å². The summed E-state index contributed by atoms with van der Waals surface area (Å²) in [6.07, 6.45) is 1.59. The average molecular weight is 272 g/mol. The van der Waals surface area contributed by atoms with Crippen LogP contribution in [0.1, 0.15) is 40.0 Å². The number of amides is 1. The molecule has 1 rings (SSSR count). The van der Waals surface area contributed by atoms with Crippen molar-refractivity contribution in [3.63, 3.8) is 0 Å². The lowest BCUT2D eigenvalue weighted by atomic mass is 9.88. The first-order chi connectivity index (χ1) is 8.80. The van der Waals surface area contributed by atoms with E-state index in [0.29, 0.717) is 12.0 Å². The van der Waals surface area contributed by atoms with E-state index < -0.39 is 17.7 Å². The number of nitrogens with two attached hydrogens (primary N) is 1. The van der Waals surface area contributed by atoms with Crippen LogP contribution in [0.5, 0.6) is 0 Å². The highest BCUT2D eigenvalue weighted by Gasteiger charge is 2.31. The maximum Gasteiger partial charge on any atom is 0.425 e. The largest absolute Gasteiger partial charge is 0.443 e. The van der Waals surface area contributed by atoms with Crippen LogP contribution in [0.3, 0.4) is 0 Å². The van der Waals surface area contributed by atoms with Crippen molar-refractivity contribution in [2.75, 3.05) is 13.2 Å². The molecule has 1 aliphatic carbocycles. The molecule has 0 heterocycles. The lowest BCUT2D eigenvalue weighted by molar-refractivity contribution is 0.0163. The zero-order valence-corrected chi connectivity index (χ0v) is 11.8. The highest BCUT2D eigenvalue weighted by molar-refractivity contribution is 5.68. The number of aliphatic hydroxyl groups excluding tert-OH is 2. The molecular formula is C13H24N2O4. The fourth-order valence-electron chi connectivity index (χ4n) is 2.23. The number of carbonyl (C=O) groups is 1. The van der Waals surface area contributed by atoms with E-state index in [4.69, 9.17) is 10.6 Å². The van der Waals surface area contributed by atoms with E-state index in [9.17, 15) is 15.0 Å². The third-order valence-corrected chi connectivity index (χ3v) is 3.11. The van der Waals surface area contributed by atoms with E-state index >= 15 is 0 Å². The molecule has 6 nitrogen and oxygen atoms in total. The maximum atomic E-state index is 11.9. The summed E-state index contributed by atoms with van der Waals surface area (Å²) < 4.78 is 5.21. The van der Waals surface area contributed by atoms with Crippen LogP contribution >= 0.6 is 0 Å². The van der Waals surface area contributed by atoms with E-state index in [1.165, 1.54) is 0 Å². The normalized spacial score (nSPS) is 20.4. The fourth-order valence-corrected chi connectivity index (χ4v) is 2.23. The highest BCUT2D eigenvalue weighted by atomic mass is 16.6. The van der Waals surface area contributed by atoms with Gasteiger partial charge in [-0.15, -0.1) is 0 Å². The number of hydrogen-bond donors (Lipinski definition) is 3. The molecule has 1 amide bonds. The van der Waals surface area contributed by atoms with Crippen molar-refractivity contribution in [3.8, 4) is 0 Å². The summed E-state index contributed by atoms with van der Waals surface area (Å²) in [5, 5.41) is 19.7. The van der Waals surface area contributed by atoms with Crippen LogP contribution in [0.15, 0.2) is 11.1 Å². The number of hydrazine groups is 1. The topological polar surface area (TPSA) is 96.0 Å². The summed E-state index contributed by atoms with van der Waals surface area (Å²) >= 11 is 0. The Morgan fingerprint density at radius 3 is 2.53 bits per heavy atom. The molecule has 0 fully saturated rings. The van der Waals surface area contributed by atoms with Crippen molar-refractivity contribution in [3.05, 3.63) is 11.1 Å². The van der Waals surface area contributed by atoms with Gasteiger partial charge in [0.1, 0.15) is 5.60 Å². The Morgan fingerprint density at radius 2 is 2.05 bits per heavy atom. The number of hydrogen-bond acceptors (Lipinski definition) is 5. The van der Waals surface area contributed by atoms with Crippen molar-refractivity contribution < 1.29 is 19.7 Å². The van der Waals surface area contributed by atoms with Crippen LogP contribution in [0.25, 0.3) is 0 Å². The van der Waals surface area contributed by atoms with Gasteiger partial charge in [0, 0.05) is 0 Å². The van der Waals surface area contributed by atoms with Gasteiger partial charge >= 0.3 is 6.09 Å². The zero-order valence-electron chi connectivity index (χ0n) is 11.8. The van der Waals surface area contributed by atoms with Crippen molar-refractivity contribution in [1.82, 2.24) is 5.01 Å². The third kappa shape index (κ3) is 4.19. The van der Waals surface area contributed by atoms with E-state index in [1.54, 1.807) is 20.8 Å². The van der Waals surface area contributed by atoms with E-state index in [1.807, 2.05) is 0 Å². The second kappa shape index (κ2) is 6.36. The summed E-state index contributed by atoms with van der Waals surface area (Å²) in [4.78, 5) is 11.9. The Morgan fingerprint density at radius 1 is 1.42 bits per heavy atom. The van der Waals surface area contributed by atoms with Gasteiger partial charge in [0.15, 0.2) is 0 Å². The van der Waals surface area contributed by atoms with E-state index in [2.05, 4.69) is 0 Å². The second-order valence-electron chi connectivity index (χ2n) is 5.74. The molecule has 110 valence electrons. The second-order valence-corrected chi connectivity index (χ2v) is 5.74. The molecule has 0 spiro atoms. The smallest absolute Gasteiger partial charge is 0.425 e. The quantitative estimate of drug-likeness (QED) is 0.307. The molecular weight excluding hydrogens is 248 g/mol. The Bertz CT molecular complexity index is 360. The SMILES string of the molecule is CC(C)(C)OC(=O)N(N)C1CCCC(CO)=C1CO. The van der Waals surface area contributed by atoms with Crippen LogP contribution < -0.4 is 5.84 Å². The van der Waals surface area contributed by atoms with Crippen LogP contribution in [0.4, 0.5) is 4.79 Å². The minimum Gasteiger partial charge on any atom is -0.443 e. The van der Waals surface area contributed by atoms with Gasteiger partial charge < -0.3 is 14.9 Å². The number of carbonyl (C=O) groups excluding carboxylic acids is 1. The molecule has 0 saturated heterocycles. The number of aliphatic hydroxyl groups is 2. The van der Waals surface area contributed by atoms with Crippen LogP contribution in [0.2, 0.25) is 0 Å². The molecule has 4 N–H and O–H groups in total. The lowest BCUT2D eigenvalue weighted by Gasteiger charge is -2.34. The standard InChI is InChI=1S/C13H24N2O4/c1-13(2,3)19-12(18)15(14)11-6-4-5-9(7-16)10(11)8-17/h11,16-17H,4-8,14H2,1-3H3. The molecule has 1 atom stereocenters. The first-order valence-corrected chi connectivity index (χ1v) is 6.49. The summed E-state index contributed by atoms with van der Waals surface area (Å²) in [5.74, 6) is 5.81. The summed E-state index contributed by atoms with van der Waals surface area (Å²) in [5.41, 5.74) is 0.770. The van der Waals surface area contributed by atoms with Crippen molar-refractivity contribution >= 4 is 6.09 Å². The van der Waals surface area contributed by atoms with Gasteiger partial charge in [-0.3, -0.25) is 0 Å². The van der Waals surface area contributed by atoms with Gasteiger partial charge in [-0.25, -0.2) is 15.6 Å². The van der Waals surface area contributed by atoms with Crippen LogP contribution in [-0.4, -0.2) is 46.2 Å². The summed E-state index contributed by atoms with van der Waals surface area (Å²) in [6.45, 7) is 4.97. The van der Waals surface area contributed by atoms with Gasteiger partial charge in [0.05, 0.1) is 19.3 Å².